The lowest BCUT2D eigenvalue weighted by Gasteiger charge is -2.21. The Bertz CT molecular complexity index is 2910. The number of fused-ring (bicyclic) bond motifs is 6. The molecular formula is C46H32N2O2S. The van der Waals surface area contributed by atoms with Crippen molar-refractivity contribution in [1.82, 2.24) is 9.97 Å². The van der Waals surface area contributed by atoms with Crippen LogP contribution in [0.5, 0.6) is 0 Å². The topological polar surface area (TPSA) is 59.9 Å². The van der Waals surface area contributed by atoms with Gasteiger partial charge in [0, 0.05) is 32.7 Å². The summed E-state index contributed by atoms with van der Waals surface area (Å²) in [5, 5.41) is 6.83. The third-order valence-electron chi connectivity index (χ3n) is 10.0. The van der Waals surface area contributed by atoms with Crippen molar-refractivity contribution in [3.8, 4) is 33.6 Å². The number of aromatic nitrogens is 2. The number of sulfone groups is 1. The Morgan fingerprint density at radius 3 is 1.43 bits per heavy atom. The van der Waals surface area contributed by atoms with Crippen LogP contribution >= 0.6 is 0 Å². The van der Waals surface area contributed by atoms with Crippen LogP contribution in [0.3, 0.4) is 0 Å². The van der Waals surface area contributed by atoms with Crippen LogP contribution in [0.15, 0.2) is 168 Å². The number of rotatable bonds is 5. The maximum atomic E-state index is 13.3. The molecule has 0 saturated heterocycles. The maximum Gasteiger partial charge on any atom is 0.206 e. The molecule has 0 aliphatic carbocycles. The minimum atomic E-state index is -3.62. The number of aryl methyl sites for hydroxylation is 2. The smallest absolute Gasteiger partial charge is 0.206 e. The van der Waals surface area contributed by atoms with E-state index in [0.717, 1.165) is 77.2 Å². The molecule has 0 amide bonds. The van der Waals surface area contributed by atoms with Crippen molar-refractivity contribution in [2.45, 2.75) is 23.6 Å². The number of hydrogen-bond donors (Lipinski definition) is 0. The number of hydrogen-bond acceptors (Lipinski definition) is 4. The van der Waals surface area contributed by atoms with Crippen molar-refractivity contribution in [3.63, 3.8) is 0 Å². The minimum absolute atomic E-state index is 0.266. The molecule has 244 valence electrons. The van der Waals surface area contributed by atoms with Gasteiger partial charge >= 0.3 is 0 Å². The standard InChI is InChI=1S/C46H32N2O2S/c1-29-41-37-20-12-13-21-39(37)47-45(32-14-6-3-7-15-32)43(41)30(2)42-38-27-24-34(28-40(38)48-46(44(29)42)33-16-8-4-9-17-33)31-22-25-36(26-23-31)51(49,50)35-18-10-5-11-19-35/h3-28H,1-2H3. The highest BCUT2D eigenvalue weighted by Gasteiger charge is 2.23. The molecule has 9 rings (SSSR count). The molecule has 0 aliphatic heterocycles. The monoisotopic (exact) mass is 676 g/mol. The summed E-state index contributed by atoms with van der Waals surface area (Å²) in [6.45, 7) is 4.45. The maximum absolute atomic E-state index is 13.3. The zero-order valence-corrected chi connectivity index (χ0v) is 28.9. The van der Waals surface area contributed by atoms with Crippen molar-refractivity contribution >= 4 is 53.2 Å². The second-order valence-corrected chi connectivity index (χ2v) is 14.9. The first-order chi connectivity index (χ1) is 24.9. The first kappa shape index (κ1) is 30.9. The van der Waals surface area contributed by atoms with Gasteiger partial charge in [-0.2, -0.15) is 0 Å². The average molecular weight is 677 g/mol. The summed E-state index contributed by atoms with van der Waals surface area (Å²) in [5.41, 5.74) is 10.1. The lowest BCUT2D eigenvalue weighted by atomic mass is 9.85. The van der Waals surface area contributed by atoms with E-state index in [4.69, 9.17) is 9.97 Å². The first-order valence-electron chi connectivity index (χ1n) is 17.0. The van der Waals surface area contributed by atoms with E-state index in [0.29, 0.717) is 0 Å². The van der Waals surface area contributed by atoms with E-state index in [-0.39, 0.29) is 9.79 Å². The molecule has 5 heteroatoms. The predicted molar refractivity (Wildman–Crippen MR) is 210 cm³/mol. The van der Waals surface area contributed by atoms with E-state index in [2.05, 4.69) is 105 Å². The Kier molecular flexibility index (Phi) is 7.26. The van der Waals surface area contributed by atoms with Gasteiger partial charge in [0.2, 0.25) is 9.84 Å². The molecule has 0 spiro atoms. The van der Waals surface area contributed by atoms with Crippen molar-refractivity contribution in [2.75, 3.05) is 0 Å². The van der Waals surface area contributed by atoms with Crippen LogP contribution in [0, 0.1) is 13.8 Å². The molecular weight excluding hydrogens is 645 g/mol. The quantitative estimate of drug-likeness (QED) is 0.134. The van der Waals surface area contributed by atoms with Crippen molar-refractivity contribution in [3.05, 3.63) is 169 Å². The van der Waals surface area contributed by atoms with Crippen LogP contribution in [0.25, 0.3) is 77.0 Å². The molecule has 4 nitrogen and oxygen atoms in total. The van der Waals surface area contributed by atoms with Gasteiger partial charge in [0.25, 0.3) is 0 Å². The lowest BCUT2D eigenvalue weighted by Crippen LogP contribution is -2.01. The fourth-order valence-corrected chi connectivity index (χ4v) is 8.87. The fraction of sp³-hybridized carbons (Fsp3) is 0.0435. The van der Waals surface area contributed by atoms with Gasteiger partial charge in [-0.1, -0.05) is 121 Å². The summed E-state index contributed by atoms with van der Waals surface area (Å²) in [5.74, 6) is 0. The molecule has 0 unspecified atom stereocenters. The van der Waals surface area contributed by atoms with Gasteiger partial charge in [-0.3, -0.25) is 0 Å². The molecule has 0 N–H and O–H groups in total. The van der Waals surface area contributed by atoms with Gasteiger partial charge in [0.05, 0.1) is 32.2 Å². The highest BCUT2D eigenvalue weighted by molar-refractivity contribution is 7.91. The Morgan fingerprint density at radius 2 is 0.843 bits per heavy atom. The van der Waals surface area contributed by atoms with Gasteiger partial charge in [-0.25, -0.2) is 18.4 Å². The normalized spacial score (nSPS) is 11.9. The summed E-state index contributed by atoms with van der Waals surface area (Å²) < 4.78 is 26.6. The van der Waals surface area contributed by atoms with Gasteiger partial charge in [-0.15, -0.1) is 0 Å². The second-order valence-electron chi connectivity index (χ2n) is 13.0. The summed E-state index contributed by atoms with van der Waals surface area (Å²) >= 11 is 0. The molecule has 0 fully saturated rings. The zero-order chi connectivity index (χ0) is 34.7. The number of pyridine rings is 2. The van der Waals surface area contributed by atoms with Crippen LogP contribution in [0.2, 0.25) is 0 Å². The molecule has 2 heterocycles. The number of para-hydroxylation sites is 1. The van der Waals surface area contributed by atoms with E-state index in [9.17, 15) is 8.42 Å². The predicted octanol–water partition coefficient (Wildman–Crippen LogP) is 11.5. The van der Waals surface area contributed by atoms with Crippen molar-refractivity contribution in [2.24, 2.45) is 0 Å². The minimum Gasteiger partial charge on any atom is -0.247 e. The molecule has 0 radical (unpaired) electrons. The van der Waals surface area contributed by atoms with Crippen LogP contribution < -0.4 is 0 Å². The van der Waals surface area contributed by atoms with E-state index >= 15 is 0 Å². The van der Waals surface area contributed by atoms with E-state index in [1.165, 1.54) is 10.9 Å². The molecule has 2 aromatic heterocycles. The molecule has 51 heavy (non-hydrogen) atoms. The van der Waals surface area contributed by atoms with Gasteiger partial charge in [0.15, 0.2) is 0 Å². The summed E-state index contributed by atoms with van der Waals surface area (Å²) in [6, 6.07) is 51.4. The van der Waals surface area contributed by atoms with Crippen LogP contribution in [-0.4, -0.2) is 18.4 Å². The molecule has 0 saturated carbocycles. The first-order valence-corrected chi connectivity index (χ1v) is 18.5. The largest absolute Gasteiger partial charge is 0.247 e. The summed E-state index contributed by atoms with van der Waals surface area (Å²) in [4.78, 5) is 11.2. The summed E-state index contributed by atoms with van der Waals surface area (Å²) in [7, 11) is -3.62. The third-order valence-corrected chi connectivity index (χ3v) is 11.8. The Hall–Kier alpha value is -6.17. The average Bonchev–Trinajstić information content (AvgIpc) is 3.19. The van der Waals surface area contributed by atoms with E-state index in [1.54, 1.807) is 36.4 Å². The van der Waals surface area contributed by atoms with Gasteiger partial charge < -0.3 is 0 Å². The van der Waals surface area contributed by atoms with Gasteiger partial charge in [0.1, 0.15) is 0 Å². The third kappa shape index (κ3) is 5.00. The molecule has 0 bridgehead atoms. The van der Waals surface area contributed by atoms with Crippen molar-refractivity contribution < 1.29 is 8.42 Å². The van der Waals surface area contributed by atoms with E-state index in [1.807, 2.05) is 30.3 Å². The van der Waals surface area contributed by atoms with Crippen molar-refractivity contribution in [1.29, 1.82) is 0 Å². The fourth-order valence-electron chi connectivity index (χ4n) is 7.59. The van der Waals surface area contributed by atoms with Crippen LogP contribution in [0.4, 0.5) is 0 Å². The second kappa shape index (κ2) is 12.0. The van der Waals surface area contributed by atoms with Gasteiger partial charge in [-0.05, 0) is 83.3 Å². The molecule has 7 aromatic carbocycles. The highest BCUT2D eigenvalue weighted by Crippen LogP contribution is 2.45. The van der Waals surface area contributed by atoms with E-state index < -0.39 is 9.84 Å². The molecule has 9 aromatic rings. The zero-order valence-electron chi connectivity index (χ0n) is 28.1. The number of benzene rings is 7. The van der Waals surface area contributed by atoms with Crippen LogP contribution in [-0.2, 0) is 9.84 Å². The Labute approximate surface area is 296 Å². The summed E-state index contributed by atoms with van der Waals surface area (Å²) in [6.07, 6.45) is 0. The highest BCUT2D eigenvalue weighted by atomic mass is 32.2. The number of nitrogens with zero attached hydrogens (tertiary/aromatic N) is 2. The molecule has 0 aliphatic rings. The lowest BCUT2D eigenvalue weighted by molar-refractivity contribution is 0.596. The molecule has 0 atom stereocenters. The Balaban J connectivity index is 1.33. The van der Waals surface area contributed by atoms with Crippen LogP contribution in [0.1, 0.15) is 11.1 Å². The Morgan fingerprint density at radius 1 is 0.392 bits per heavy atom. The SMILES string of the molecule is Cc1c2c(-c3ccccc3)nc3cc(-c4ccc(S(=O)(=O)c5ccccc5)cc4)ccc3c2c(C)c2c(-c3ccccc3)nc3ccccc3c12.